The minimum atomic E-state index is -4.95. The number of nitrogens with zero attached hydrogens (tertiary/aromatic N) is 1. The van der Waals surface area contributed by atoms with Crippen LogP contribution >= 0.6 is 0 Å². The molecule has 1 N–H and O–H groups in total. The predicted octanol–water partition coefficient (Wildman–Crippen LogP) is 2.94. The molecule has 30 heavy (non-hydrogen) atoms. The lowest BCUT2D eigenvalue weighted by Gasteiger charge is -2.24. The van der Waals surface area contributed by atoms with Gasteiger partial charge in [-0.2, -0.15) is 13.2 Å². The molecule has 0 aromatic heterocycles. The maximum atomic E-state index is 13.1. The van der Waals surface area contributed by atoms with Crippen molar-refractivity contribution in [2.24, 2.45) is 0 Å². The third kappa shape index (κ3) is 4.77. The normalized spacial score (nSPS) is 15.2. The van der Waals surface area contributed by atoms with Crippen LogP contribution < -0.4 is 14.8 Å². The number of rotatable bonds is 5. The second-order valence-electron chi connectivity index (χ2n) is 6.00. The highest BCUT2D eigenvalue weighted by molar-refractivity contribution is 5.94. The summed E-state index contributed by atoms with van der Waals surface area (Å²) in [6.45, 7) is -1.06. The van der Waals surface area contributed by atoms with Crippen LogP contribution in [-0.2, 0) is 20.5 Å². The third-order valence-electron chi connectivity index (χ3n) is 3.91. The zero-order chi connectivity index (χ0) is 21.9. The summed E-state index contributed by atoms with van der Waals surface area (Å²) in [7, 11) is 0. The Morgan fingerprint density at radius 2 is 1.90 bits per heavy atom. The zero-order valence-corrected chi connectivity index (χ0v) is 15.0. The second kappa shape index (κ2) is 8.27. The molecule has 0 fully saturated rings. The highest BCUT2D eigenvalue weighted by Gasteiger charge is 2.36. The van der Waals surface area contributed by atoms with E-state index in [4.69, 9.17) is 14.2 Å². The Bertz CT molecular complexity index is 994. The summed E-state index contributed by atoms with van der Waals surface area (Å²) >= 11 is 0. The van der Waals surface area contributed by atoms with Gasteiger partial charge in [0.05, 0.1) is 16.2 Å². The number of alkyl halides is 3. The third-order valence-corrected chi connectivity index (χ3v) is 3.91. The number of amides is 1. The Labute approximate surface area is 166 Å². The number of fused-ring (bicyclic) bond motifs is 1. The second-order valence-corrected chi connectivity index (χ2v) is 6.00. The van der Waals surface area contributed by atoms with Gasteiger partial charge in [0, 0.05) is 12.1 Å². The standard InChI is InChI=1S/C18H13F3N2O7/c19-18(20,21)11-7-10(23(26)27)5-6-12(11)22-16(24)9-29-17(25)15-8-28-13-3-1-2-4-14(13)30-15/h1-7,15H,8-9H2,(H,22,24)/t15-/m0/s1. The van der Waals surface area contributed by atoms with E-state index in [0.717, 1.165) is 12.1 Å². The summed E-state index contributed by atoms with van der Waals surface area (Å²) in [4.78, 5) is 33.7. The van der Waals surface area contributed by atoms with Crippen LogP contribution in [0.25, 0.3) is 0 Å². The molecule has 3 rings (SSSR count). The number of nitro groups is 1. The minimum absolute atomic E-state index is 0.169. The van der Waals surface area contributed by atoms with Crippen LogP contribution in [0.2, 0.25) is 0 Å². The van der Waals surface area contributed by atoms with Gasteiger partial charge in [-0.05, 0) is 18.2 Å². The van der Waals surface area contributed by atoms with Crippen molar-refractivity contribution in [1.29, 1.82) is 0 Å². The fourth-order valence-corrected chi connectivity index (χ4v) is 2.54. The largest absolute Gasteiger partial charge is 0.485 e. The number of hydrogen-bond acceptors (Lipinski definition) is 7. The van der Waals surface area contributed by atoms with Crippen molar-refractivity contribution < 1.29 is 41.9 Å². The topological polar surface area (TPSA) is 117 Å². The number of ether oxygens (including phenoxy) is 3. The van der Waals surface area contributed by atoms with E-state index in [2.05, 4.69) is 0 Å². The number of anilines is 1. The molecule has 1 aliphatic heterocycles. The minimum Gasteiger partial charge on any atom is -0.485 e. The van der Waals surface area contributed by atoms with Crippen molar-refractivity contribution in [1.82, 2.24) is 0 Å². The summed E-state index contributed by atoms with van der Waals surface area (Å²) in [5.74, 6) is -1.28. The average Bonchev–Trinajstić information content (AvgIpc) is 2.71. The Kier molecular flexibility index (Phi) is 5.76. The smallest absolute Gasteiger partial charge is 0.418 e. The van der Waals surface area contributed by atoms with Gasteiger partial charge in [-0.3, -0.25) is 14.9 Å². The fraction of sp³-hybridized carbons (Fsp3) is 0.222. The number of carbonyl (C=O) groups excluding carboxylic acids is 2. The van der Waals surface area contributed by atoms with Gasteiger partial charge in [-0.25, -0.2) is 4.79 Å². The van der Waals surface area contributed by atoms with Crippen LogP contribution in [0, 0.1) is 10.1 Å². The van der Waals surface area contributed by atoms with E-state index in [1.807, 2.05) is 5.32 Å². The number of nitro benzene ring substituents is 1. The van der Waals surface area contributed by atoms with Crippen LogP contribution in [0.5, 0.6) is 11.5 Å². The molecule has 0 aliphatic carbocycles. The molecule has 1 atom stereocenters. The number of carbonyl (C=O) groups is 2. The quantitative estimate of drug-likeness (QED) is 0.444. The molecule has 12 heteroatoms. The molecule has 9 nitrogen and oxygen atoms in total. The monoisotopic (exact) mass is 426 g/mol. The number of esters is 1. The molecule has 2 aromatic carbocycles. The van der Waals surface area contributed by atoms with E-state index < -0.39 is 52.6 Å². The molecule has 0 radical (unpaired) electrons. The first-order chi connectivity index (χ1) is 14.1. The molecule has 0 spiro atoms. The van der Waals surface area contributed by atoms with Crippen molar-refractivity contribution in [3.63, 3.8) is 0 Å². The Morgan fingerprint density at radius 3 is 2.57 bits per heavy atom. The molecular formula is C18H13F3N2O7. The average molecular weight is 426 g/mol. The molecule has 158 valence electrons. The molecule has 0 saturated heterocycles. The molecule has 0 unspecified atom stereocenters. The fourth-order valence-electron chi connectivity index (χ4n) is 2.54. The first-order valence-electron chi connectivity index (χ1n) is 8.36. The number of para-hydroxylation sites is 2. The number of nitrogens with one attached hydrogen (secondary N) is 1. The van der Waals surface area contributed by atoms with Gasteiger partial charge in [0.15, 0.2) is 18.1 Å². The summed E-state index contributed by atoms with van der Waals surface area (Å²) < 4.78 is 54.9. The Morgan fingerprint density at radius 1 is 1.20 bits per heavy atom. The maximum absolute atomic E-state index is 13.1. The lowest BCUT2D eigenvalue weighted by Crippen LogP contribution is -2.39. The van der Waals surface area contributed by atoms with Crippen molar-refractivity contribution in [2.45, 2.75) is 12.3 Å². The van der Waals surface area contributed by atoms with Crippen molar-refractivity contribution in [2.75, 3.05) is 18.5 Å². The van der Waals surface area contributed by atoms with Gasteiger partial charge >= 0.3 is 12.1 Å². The molecular weight excluding hydrogens is 413 g/mol. The first kappa shape index (κ1) is 20.9. The maximum Gasteiger partial charge on any atom is 0.418 e. The van der Waals surface area contributed by atoms with Gasteiger partial charge < -0.3 is 19.5 Å². The number of non-ortho nitro benzene ring substituents is 1. The van der Waals surface area contributed by atoms with E-state index >= 15 is 0 Å². The van der Waals surface area contributed by atoms with E-state index in [0.29, 0.717) is 17.6 Å². The first-order valence-corrected chi connectivity index (χ1v) is 8.36. The molecule has 1 heterocycles. The number of hydrogen-bond donors (Lipinski definition) is 1. The predicted molar refractivity (Wildman–Crippen MR) is 94.0 cm³/mol. The van der Waals surface area contributed by atoms with Gasteiger partial charge in [-0.1, -0.05) is 12.1 Å². The molecule has 2 aromatic rings. The van der Waals surface area contributed by atoms with E-state index in [1.54, 1.807) is 24.3 Å². The van der Waals surface area contributed by atoms with Crippen molar-refractivity contribution >= 4 is 23.3 Å². The number of benzene rings is 2. The summed E-state index contributed by atoms with van der Waals surface area (Å²) in [6.07, 6.45) is -6.11. The van der Waals surface area contributed by atoms with Crippen molar-refractivity contribution in [3.8, 4) is 11.5 Å². The van der Waals surface area contributed by atoms with Crippen LogP contribution in [0.4, 0.5) is 24.5 Å². The molecule has 1 aliphatic rings. The van der Waals surface area contributed by atoms with E-state index in [9.17, 15) is 32.9 Å². The van der Waals surface area contributed by atoms with E-state index in [-0.39, 0.29) is 6.61 Å². The highest BCUT2D eigenvalue weighted by atomic mass is 19.4. The lowest BCUT2D eigenvalue weighted by molar-refractivity contribution is -0.385. The lowest BCUT2D eigenvalue weighted by atomic mass is 10.1. The molecule has 0 bridgehead atoms. The highest BCUT2D eigenvalue weighted by Crippen LogP contribution is 2.37. The molecule has 1 amide bonds. The Hall–Kier alpha value is -3.83. The van der Waals surface area contributed by atoms with Crippen LogP contribution in [0.15, 0.2) is 42.5 Å². The SMILES string of the molecule is O=C(COC(=O)[C@@H]1COc2ccccc2O1)Nc1ccc([N+](=O)[O-])cc1C(F)(F)F. The molecule has 0 saturated carbocycles. The van der Waals surface area contributed by atoms with Crippen molar-refractivity contribution in [3.05, 3.63) is 58.1 Å². The van der Waals surface area contributed by atoms with Crippen LogP contribution in [0.1, 0.15) is 5.56 Å². The Balaban J connectivity index is 1.61. The summed E-state index contributed by atoms with van der Waals surface area (Å²) in [6, 6.07) is 8.41. The van der Waals surface area contributed by atoms with E-state index in [1.165, 1.54) is 0 Å². The zero-order valence-electron chi connectivity index (χ0n) is 15.0. The van der Waals surface area contributed by atoms with Gasteiger partial charge in [0.1, 0.15) is 6.61 Å². The summed E-state index contributed by atoms with van der Waals surface area (Å²) in [5.41, 5.74) is -2.90. The van der Waals surface area contributed by atoms with Gasteiger partial charge in [0.25, 0.3) is 11.6 Å². The summed E-state index contributed by atoms with van der Waals surface area (Å²) in [5, 5.41) is 12.6. The van der Waals surface area contributed by atoms with Crippen LogP contribution in [-0.4, -0.2) is 36.1 Å². The number of halogens is 3. The van der Waals surface area contributed by atoms with Gasteiger partial charge in [-0.15, -0.1) is 0 Å². The van der Waals surface area contributed by atoms with Gasteiger partial charge in [0.2, 0.25) is 6.10 Å². The van der Waals surface area contributed by atoms with Crippen LogP contribution in [0.3, 0.4) is 0 Å².